The first-order chi connectivity index (χ1) is 11.4. The van der Waals surface area contributed by atoms with Crippen LogP contribution in [0.15, 0.2) is 59.7 Å². The third kappa shape index (κ3) is 1.92. The number of benzene rings is 2. The van der Waals surface area contributed by atoms with Gasteiger partial charge < -0.3 is 4.74 Å². The molecule has 2 aliphatic heterocycles. The molecule has 0 amide bonds. The summed E-state index contributed by atoms with van der Waals surface area (Å²) in [5.41, 5.74) is 3.46. The van der Waals surface area contributed by atoms with Crippen molar-refractivity contribution in [3.8, 4) is 5.75 Å². The van der Waals surface area contributed by atoms with Gasteiger partial charge in [-0.1, -0.05) is 48.5 Å². The fourth-order valence-corrected chi connectivity index (χ4v) is 4.29. The van der Waals surface area contributed by atoms with Crippen LogP contribution in [-0.2, 0) is 0 Å². The van der Waals surface area contributed by atoms with E-state index in [-0.39, 0.29) is 5.72 Å². The summed E-state index contributed by atoms with van der Waals surface area (Å²) in [6.07, 6.45) is 5.56. The summed E-state index contributed by atoms with van der Waals surface area (Å²) in [5.74, 6) is 1.06. The number of rotatable bonds is 1. The quantitative estimate of drug-likeness (QED) is 0.775. The maximum absolute atomic E-state index is 6.50. The average molecular weight is 304 g/mol. The van der Waals surface area contributed by atoms with Crippen molar-refractivity contribution >= 4 is 5.71 Å². The molecule has 23 heavy (non-hydrogen) atoms. The minimum absolute atomic E-state index is 0.227. The van der Waals surface area contributed by atoms with Gasteiger partial charge >= 0.3 is 0 Å². The highest BCUT2D eigenvalue weighted by atomic mass is 16.5. The minimum atomic E-state index is -0.227. The first kappa shape index (κ1) is 13.2. The van der Waals surface area contributed by atoms with E-state index in [9.17, 15) is 0 Å². The Bertz CT molecular complexity index is 762. The molecule has 0 aromatic heterocycles. The Morgan fingerprint density at radius 1 is 0.957 bits per heavy atom. The molecule has 1 aliphatic carbocycles. The zero-order chi connectivity index (χ0) is 15.3. The number of para-hydroxylation sites is 1. The van der Waals surface area contributed by atoms with Crippen LogP contribution < -0.4 is 4.74 Å². The van der Waals surface area contributed by atoms with E-state index in [1.807, 2.05) is 0 Å². The SMILES string of the molecule is c1ccc(C2=NN3[C@@H](C2)c2ccccc2OC32CCCC2)cc1. The molecule has 116 valence electrons. The predicted molar refractivity (Wildman–Crippen MR) is 90.4 cm³/mol. The summed E-state index contributed by atoms with van der Waals surface area (Å²) in [6, 6.07) is 19.4. The van der Waals surface area contributed by atoms with Crippen LogP contribution in [0, 0.1) is 0 Å². The Balaban J connectivity index is 1.62. The van der Waals surface area contributed by atoms with Crippen molar-refractivity contribution in [1.82, 2.24) is 5.01 Å². The predicted octanol–water partition coefficient (Wildman–Crippen LogP) is 4.50. The Kier molecular flexibility index (Phi) is 2.78. The van der Waals surface area contributed by atoms with Gasteiger partial charge in [-0.3, -0.25) is 0 Å². The summed E-state index contributed by atoms with van der Waals surface area (Å²) in [6.45, 7) is 0. The Labute approximate surface area is 136 Å². The van der Waals surface area contributed by atoms with Crippen molar-refractivity contribution in [2.24, 2.45) is 5.10 Å². The van der Waals surface area contributed by atoms with Crippen LogP contribution in [-0.4, -0.2) is 16.4 Å². The molecule has 0 radical (unpaired) electrons. The summed E-state index contributed by atoms with van der Waals surface area (Å²) in [5, 5.41) is 7.32. The maximum atomic E-state index is 6.50. The van der Waals surface area contributed by atoms with E-state index in [4.69, 9.17) is 9.84 Å². The Hall–Kier alpha value is -2.29. The lowest BCUT2D eigenvalue weighted by molar-refractivity contribution is -0.114. The molecule has 3 aliphatic rings. The van der Waals surface area contributed by atoms with Crippen LogP contribution in [0.25, 0.3) is 0 Å². The number of fused-ring (bicyclic) bond motifs is 4. The van der Waals surface area contributed by atoms with E-state index in [2.05, 4.69) is 59.6 Å². The number of hydrogen-bond acceptors (Lipinski definition) is 3. The molecule has 2 aromatic rings. The van der Waals surface area contributed by atoms with Crippen molar-refractivity contribution in [2.45, 2.75) is 43.9 Å². The van der Waals surface area contributed by atoms with Crippen LogP contribution >= 0.6 is 0 Å². The molecule has 5 rings (SSSR count). The van der Waals surface area contributed by atoms with Crippen LogP contribution in [0.2, 0.25) is 0 Å². The van der Waals surface area contributed by atoms with Crippen molar-refractivity contribution in [3.63, 3.8) is 0 Å². The molecular weight excluding hydrogens is 284 g/mol. The summed E-state index contributed by atoms with van der Waals surface area (Å²) < 4.78 is 6.50. The lowest BCUT2D eigenvalue weighted by atomic mass is 9.94. The normalized spacial score (nSPS) is 24.1. The Morgan fingerprint density at radius 2 is 1.70 bits per heavy atom. The first-order valence-electron chi connectivity index (χ1n) is 8.56. The molecule has 1 spiro atoms. The Morgan fingerprint density at radius 3 is 2.52 bits per heavy atom. The maximum Gasteiger partial charge on any atom is 0.198 e. The van der Waals surface area contributed by atoms with Crippen molar-refractivity contribution < 1.29 is 4.74 Å². The largest absolute Gasteiger partial charge is 0.466 e. The summed E-state index contributed by atoms with van der Waals surface area (Å²) >= 11 is 0. The highest BCUT2D eigenvalue weighted by Crippen LogP contribution is 2.51. The summed E-state index contributed by atoms with van der Waals surface area (Å²) in [4.78, 5) is 0. The molecule has 0 unspecified atom stereocenters. The lowest BCUT2D eigenvalue weighted by Gasteiger charge is -2.45. The van der Waals surface area contributed by atoms with Crippen LogP contribution in [0.3, 0.4) is 0 Å². The van der Waals surface area contributed by atoms with E-state index >= 15 is 0 Å². The molecule has 0 bridgehead atoms. The van der Waals surface area contributed by atoms with Crippen LogP contribution in [0.1, 0.15) is 49.3 Å². The third-order valence-electron chi connectivity index (χ3n) is 5.40. The monoisotopic (exact) mass is 304 g/mol. The van der Waals surface area contributed by atoms with Crippen LogP contribution in [0.5, 0.6) is 5.75 Å². The van der Waals surface area contributed by atoms with Gasteiger partial charge in [0.05, 0.1) is 11.8 Å². The molecule has 0 N–H and O–H groups in total. The molecule has 1 saturated carbocycles. The van der Waals surface area contributed by atoms with Gasteiger partial charge in [0.15, 0.2) is 5.72 Å². The zero-order valence-corrected chi connectivity index (χ0v) is 13.1. The molecule has 1 atom stereocenters. The fourth-order valence-electron chi connectivity index (χ4n) is 4.29. The number of ether oxygens (including phenoxy) is 1. The van der Waals surface area contributed by atoms with Gasteiger partial charge in [-0.2, -0.15) is 5.10 Å². The second kappa shape index (κ2) is 4.85. The van der Waals surface area contributed by atoms with E-state index in [0.29, 0.717) is 6.04 Å². The fraction of sp³-hybridized carbons (Fsp3) is 0.350. The third-order valence-corrected chi connectivity index (χ3v) is 5.40. The standard InChI is InChI=1S/C20H20N2O/c1-2-8-15(9-3-1)17-14-18-16-10-4-5-11-19(16)23-20(22(18)21-17)12-6-7-13-20/h1-5,8-11,18H,6-7,12-14H2/t18-/m0/s1. The second-order valence-corrected chi connectivity index (χ2v) is 6.77. The summed E-state index contributed by atoms with van der Waals surface area (Å²) in [7, 11) is 0. The first-order valence-corrected chi connectivity index (χ1v) is 8.56. The molecule has 3 nitrogen and oxygen atoms in total. The van der Waals surface area contributed by atoms with Crippen molar-refractivity contribution in [3.05, 3.63) is 65.7 Å². The minimum Gasteiger partial charge on any atom is -0.466 e. The van der Waals surface area contributed by atoms with Crippen molar-refractivity contribution in [2.75, 3.05) is 0 Å². The number of hydrogen-bond donors (Lipinski definition) is 0. The van der Waals surface area contributed by atoms with Gasteiger partial charge in [-0.05, 0) is 24.5 Å². The van der Waals surface area contributed by atoms with Gasteiger partial charge in [-0.25, -0.2) is 5.01 Å². The lowest BCUT2D eigenvalue weighted by Crippen LogP contribution is -2.51. The van der Waals surface area contributed by atoms with Crippen LogP contribution in [0.4, 0.5) is 0 Å². The van der Waals surface area contributed by atoms with Gasteiger partial charge in [0, 0.05) is 24.8 Å². The number of nitrogens with zero attached hydrogens (tertiary/aromatic N) is 2. The van der Waals surface area contributed by atoms with Gasteiger partial charge in [-0.15, -0.1) is 0 Å². The van der Waals surface area contributed by atoms with E-state index in [1.165, 1.54) is 29.7 Å². The molecule has 2 heterocycles. The van der Waals surface area contributed by atoms with Crippen molar-refractivity contribution in [1.29, 1.82) is 0 Å². The highest BCUT2D eigenvalue weighted by molar-refractivity contribution is 6.01. The molecule has 2 aromatic carbocycles. The van der Waals surface area contributed by atoms with Gasteiger partial charge in [0.2, 0.25) is 0 Å². The molecule has 0 saturated heterocycles. The van der Waals surface area contributed by atoms with Gasteiger partial charge in [0.25, 0.3) is 0 Å². The second-order valence-electron chi connectivity index (χ2n) is 6.77. The smallest absolute Gasteiger partial charge is 0.198 e. The van der Waals surface area contributed by atoms with E-state index in [0.717, 1.165) is 25.0 Å². The van der Waals surface area contributed by atoms with Gasteiger partial charge in [0.1, 0.15) is 5.75 Å². The average Bonchev–Trinajstić information content (AvgIpc) is 3.24. The van der Waals surface area contributed by atoms with E-state index in [1.54, 1.807) is 0 Å². The number of hydrazone groups is 1. The topological polar surface area (TPSA) is 24.8 Å². The molecule has 1 fully saturated rings. The van der Waals surface area contributed by atoms with E-state index < -0.39 is 0 Å². The molecular formula is C20H20N2O. The molecule has 3 heteroatoms. The highest BCUT2D eigenvalue weighted by Gasteiger charge is 2.51. The zero-order valence-electron chi connectivity index (χ0n) is 13.1.